The Labute approximate surface area is 229 Å². The lowest BCUT2D eigenvalue weighted by Crippen LogP contribution is -2.31. The van der Waals surface area contributed by atoms with Crippen LogP contribution in [-0.4, -0.2) is 52.1 Å². The Kier molecular flexibility index (Phi) is 10.9. The van der Waals surface area contributed by atoms with Crippen molar-refractivity contribution < 1.29 is 0 Å². The molecule has 3 aromatic rings. The molecule has 204 valence electrons. The molecule has 1 aromatic carbocycles. The van der Waals surface area contributed by atoms with Gasteiger partial charge in [-0.1, -0.05) is 46.2 Å². The van der Waals surface area contributed by atoms with E-state index in [2.05, 4.69) is 83.1 Å². The number of likely N-dealkylation sites (tertiary alicyclic amines) is 1. The summed E-state index contributed by atoms with van der Waals surface area (Å²) in [4.78, 5) is 11.7. The van der Waals surface area contributed by atoms with E-state index in [1.54, 1.807) is 11.3 Å². The van der Waals surface area contributed by atoms with Gasteiger partial charge in [0, 0.05) is 18.0 Å². The Morgan fingerprint density at radius 1 is 0.973 bits per heavy atom. The first kappa shape index (κ1) is 28.1. The minimum atomic E-state index is 0.738. The van der Waals surface area contributed by atoms with Crippen LogP contribution < -0.4 is 5.32 Å². The van der Waals surface area contributed by atoms with Gasteiger partial charge in [-0.3, -0.25) is 4.90 Å². The number of imidazole rings is 1. The van der Waals surface area contributed by atoms with Gasteiger partial charge < -0.3 is 14.8 Å². The first-order valence-electron chi connectivity index (χ1n) is 14.7. The highest BCUT2D eigenvalue weighted by molar-refractivity contribution is 7.09. The van der Waals surface area contributed by atoms with E-state index in [0.29, 0.717) is 0 Å². The van der Waals surface area contributed by atoms with Crippen molar-refractivity contribution in [2.24, 2.45) is 11.8 Å². The molecule has 0 spiro atoms. The molecular weight excluding hydrogens is 474 g/mol. The molecule has 0 unspecified atom stereocenters. The van der Waals surface area contributed by atoms with Gasteiger partial charge in [0.05, 0.1) is 17.6 Å². The molecule has 4 rings (SSSR count). The number of anilines is 1. The van der Waals surface area contributed by atoms with E-state index in [9.17, 15) is 0 Å². The predicted molar refractivity (Wildman–Crippen MR) is 160 cm³/mol. The topological polar surface area (TPSA) is 36.3 Å². The minimum absolute atomic E-state index is 0.738. The zero-order valence-electron chi connectivity index (χ0n) is 23.7. The average Bonchev–Trinajstić information content (AvgIpc) is 3.53. The van der Waals surface area contributed by atoms with Crippen molar-refractivity contribution in [3.63, 3.8) is 0 Å². The van der Waals surface area contributed by atoms with Crippen LogP contribution in [0.1, 0.15) is 76.7 Å². The number of aromatic nitrogens is 2. The minimum Gasteiger partial charge on any atom is -0.351 e. The van der Waals surface area contributed by atoms with E-state index in [1.165, 1.54) is 80.8 Å². The van der Waals surface area contributed by atoms with Gasteiger partial charge in [-0.25, -0.2) is 4.98 Å². The average molecular weight is 524 g/mol. The van der Waals surface area contributed by atoms with Crippen LogP contribution in [0.4, 0.5) is 5.95 Å². The maximum absolute atomic E-state index is 5.05. The standard InChI is InChI=1S/C31H49N5S/c1-25(2)13-19-35(20-14-26(3)4)24-27-11-12-29-30(22-27)36(18-9-17-34-15-6-5-7-16-34)31(33-29)32-23-28-10-8-21-37-28/h8,10-12,21-22,25-26H,5-7,9,13-20,23-24H2,1-4H3,(H,32,33). The fraction of sp³-hybridized carbons (Fsp3) is 0.645. The van der Waals surface area contributed by atoms with Crippen molar-refractivity contribution in [2.75, 3.05) is 38.0 Å². The first-order valence-corrected chi connectivity index (χ1v) is 15.6. The van der Waals surface area contributed by atoms with Gasteiger partial charge in [-0.15, -0.1) is 11.3 Å². The highest BCUT2D eigenvalue weighted by Gasteiger charge is 2.15. The number of nitrogens with one attached hydrogen (secondary N) is 1. The molecule has 1 aliphatic heterocycles. The fourth-order valence-corrected chi connectivity index (χ4v) is 5.90. The van der Waals surface area contributed by atoms with Crippen LogP contribution in [0.25, 0.3) is 11.0 Å². The molecule has 3 heterocycles. The number of rotatable bonds is 15. The molecule has 0 aliphatic carbocycles. The van der Waals surface area contributed by atoms with Crippen LogP contribution in [0.15, 0.2) is 35.7 Å². The summed E-state index contributed by atoms with van der Waals surface area (Å²) in [5.41, 5.74) is 3.78. The zero-order valence-corrected chi connectivity index (χ0v) is 24.5. The van der Waals surface area contributed by atoms with E-state index < -0.39 is 0 Å². The third-order valence-corrected chi connectivity index (χ3v) is 8.45. The largest absolute Gasteiger partial charge is 0.351 e. The number of fused-ring (bicyclic) bond motifs is 1. The van der Waals surface area contributed by atoms with Gasteiger partial charge >= 0.3 is 0 Å². The molecular formula is C31H49N5S. The monoisotopic (exact) mass is 523 g/mol. The summed E-state index contributed by atoms with van der Waals surface area (Å²) in [6.07, 6.45) is 7.78. The van der Waals surface area contributed by atoms with Crippen molar-refractivity contribution >= 4 is 28.3 Å². The summed E-state index contributed by atoms with van der Waals surface area (Å²) in [6.45, 7) is 18.2. The Balaban J connectivity index is 1.51. The fourth-order valence-electron chi connectivity index (χ4n) is 5.25. The molecule has 5 nitrogen and oxygen atoms in total. The second-order valence-electron chi connectivity index (χ2n) is 11.7. The molecule has 1 saturated heterocycles. The van der Waals surface area contributed by atoms with Gasteiger partial charge in [-0.05, 0) is 106 Å². The molecule has 1 N–H and O–H groups in total. The molecule has 0 atom stereocenters. The van der Waals surface area contributed by atoms with Crippen LogP contribution in [0.5, 0.6) is 0 Å². The van der Waals surface area contributed by atoms with Crippen molar-refractivity contribution in [1.29, 1.82) is 0 Å². The Morgan fingerprint density at radius 2 is 1.73 bits per heavy atom. The van der Waals surface area contributed by atoms with Crippen LogP contribution >= 0.6 is 11.3 Å². The van der Waals surface area contributed by atoms with Gasteiger partial charge in [0.15, 0.2) is 0 Å². The van der Waals surface area contributed by atoms with Crippen molar-refractivity contribution in [3.8, 4) is 0 Å². The summed E-state index contributed by atoms with van der Waals surface area (Å²) in [5, 5.41) is 5.81. The number of hydrogen-bond acceptors (Lipinski definition) is 5. The number of aryl methyl sites for hydroxylation is 1. The molecule has 0 bridgehead atoms. The van der Waals surface area contributed by atoms with Crippen LogP contribution in [0.2, 0.25) is 0 Å². The number of benzene rings is 1. The van der Waals surface area contributed by atoms with Crippen molar-refractivity contribution in [1.82, 2.24) is 19.4 Å². The smallest absolute Gasteiger partial charge is 0.204 e. The van der Waals surface area contributed by atoms with Gasteiger partial charge in [0.1, 0.15) is 0 Å². The van der Waals surface area contributed by atoms with Crippen LogP contribution in [-0.2, 0) is 19.6 Å². The highest BCUT2D eigenvalue weighted by Crippen LogP contribution is 2.24. The lowest BCUT2D eigenvalue weighted by Gasteiger charge is -2.26. The summed E-state index contributed by atoms with van der Waals surface area (Å²) in [5.74, 6) is 2.49. The summed E-state index contributed by atoms with van der Waals surface area (Å²) in [6, 6.07) is 11.3. The maximum atomic E-state index is 5.05. The Morgan fingerprint density at radius 3 is 2.41 bits per heavy atom. The molecule has 0 radical (unpaired) electrons. The summed E-state index contributed by atoms with van der Waals surface area (Å²) < 4.78 is 2.45. The second-order valence-corrected chi connectivity index (χ2v) is 12.8. The van der Waals surface area contributed by atoms with E-state index in [0.717, 1.165) is 49.4 Å². The quantitative estimate of drug-likeness (QED) is 0.224. The van der Waals surface area contributed by atoms with E-state index >= 15 is 0 Å². The molecule has 2 aromatic heterocycles. The normalized spacial score (nSPS) is 15.0. The Hall–Kier alpha value is -1.89. The van der Waals surface area contributed by atoms with Crippen LogP contribution in [0, 0.1) is 11.8 Å². The first-order chi connectivity index (χ1) is 18.0. The molecule has 37 heavy (non-hydrogen) atoms. The third kappa shape index (κ3) is 8.83. The summed E-state index contributed by atoms with van der Waals surface area (Å²) >= 11 is 1.80. The molecule has 1 fully saturated rings. The number of nitrogens with zero attached hydrogens (tertiary/aromatic N) is 4. The SMILES string of the molecule is CC(C)CCN(CCC(C)C)Cc1ccc2nc(NCc3cccs3)n(CCCN3CCCCC3)c2c1. The molecule has 0 amide bonds. The van der Waals surface area contributed by atoms with Gasteiger partial charge in [0.25, 0.3) is 0 Å². The van der Waals surface area contributed by atoms with Crippen molar-refractivity contribution in [3.05, 3.63) is 46.2 Å². The maximum Gasteiger partial charge on any atom is 0.204 e. The zero-order chi connectivity index (χ0) is 26.0. The molecule has 6 heteroatoms. The van der Waals surface area contributed by atoms with Gasteiger partial charge in [-0.2, -0.15) is 0 Å². The van der Waals surface area contributed by atoms with E-state index in [4.69, 9.17) is 4.98 Å². The number of thiophene rings is 1. The number of piperidine rings is 1. The second kappa shape index (κ2) is 14.3. The van der Waals surface area contributed by atoms with E-state index in [1.807, 2.05) is 0 Å². The summed E-state index contributed by atoms with van der Waals surface area (Å²) in [7, 11) is 0. The molecule has 0 saturated carbocycles. The van der Waals surface area contributed by atoms with Crippen LogP contribution in [0.3, 0.4) is 0 Å². The van der Waals surface area contributed by atoms with Crippen molar-refractivity contribution in [2.45, 2.75) is 85.9 Å². The lowest BCUT2D eigenvalue weighted by molar-refractivity contribution is 0.223. The third-order valence-electron chi connectivity index (χ3n) is 7.57. The number of hydrogen-bond donors (Lipinski definition) is 1. The lowest BCUT2D eigenvalue weighted by atomic mass is 10.1. The predicted octanol–water partition coefficient (Wildman–Crippen LogP) is 7.48. The molecule has 1 aliphatic rings. The van der Waals surface area contributed by atoms with Gasteiger partial charge in [0.2, 0.25) is 5.95 Å². The van der Waals surface area contributed by atoms with E-state index in [-0.39, 0.29) is 0 Å². The Bertz CT molecular complexity index is 1040. The highest BCUT2D eigenvalue weighted by atomic mass is 32.1.